The predicted molar refractivity (Wildman–Crippen MR) is 60.6 cm³/mol. The molecule has 0 unspecified atom stereocenters. The van der Waals surface area contributed by atoms with Gasteiger partial charge in [0.25, 0.3) is 0 Å². The van der Waals surface area contributed by atoms with Gasteiger partial charge in [0.2, 0.25) is 0 Å². The zero-order chi connectivity index (χ0) is 10.1. The van der Waals surface area contributed by atoms with Gasteiger partial charge in [-0.05, 0) is 18.2 Å². The Kier molecular flexibility index (Phi) is 1.93. The molecule has 15 heavy (non-hydrogen) atoms. The van der Waals surface area contributed by atoms with Crippen LogP contribution in [-0.4, -0.2) is 15.2 Å². The number of rotatable bonds is 1. The van der Waals surface area contributed by atoms with Gasteiger partial charge in [0, 0.05) is 5.56 Å². The Morgan fingerprint density at radius 1 is 1.00 bits per heavy atom. The van der Waals surface area contributed by atoms with E-state index in [2.05, 4.69) is 21.2 Å². The van der Waals surface area contributed by atoms with Crippen molar-refractivity contribution < 1.29 is 0 Å². The molecule has 72 valence electrons. The van der Waals surface area contributed by atoms with Gasteiger partial charge < -0.3 is 0 Å². The van der Waals surface area contributed by atoms with Crippen LogP contribution in [-0.2, 0) is 0 Å². The zero-order valence-corrected chi connectivity index (χ0v) is 8.61. The number of fused-ring (bicyclic) bond motifs is 1. The molecule has 1 aromatic carbocycles. The van der Waals surface area contributed by atoms with E-state index < -0.39 is 0 Å². The third-order valence-electron chi connectivity index (χ3n) is 2.13. The first-order valence-electron chi connectivity index (χ1n) is 4.56. The third-order valence-corrected chi connectivity index (χ3v) is 3.21. The predicted octanol–water partition coefficient (Wildman–Crippen LogP) is 2.75. The van der Waals surface area contributed by atoms with E-state index in [-0.39, 0.29) is 0 Å². The van der Waals surface area contributed by atoms with Gasteiger partial charge in [-0.15, -0.1) is 11.3 Å². The zero-order valence-electron chi connectivity index (χ0n) is 7.79. The summed E-state index contributed by atoms with van der Waals surface area (Å²) in [5.41, 5.74) is 2.06. The molecule has 0 bridgehead atoms. The number of hydrogen-bond donors (Lipinski definition) is 0. The Hall–Kier alpha value is -1.81. The highest BCUT2D eigenvalue weighted by atomic mass is 32.1. The van der Waals surface area contributed by atoms with Crippen LogP contribution in [0.4, 0.5) is 0 Å². The summed E-state index contributed by atoms with van der Waals surface area (Å²) in [5, 5.41) is 8.59. The van der Waals surface area contributed by atoms with Crippen LogP contribution in [0.5, 0.6) is 0 Å². The molecule has 0 fully saturated rings. The molecule has 0 saturated carbocycles. The fourth-order valence-electron chi connectivity index (χ4n) is 1.41. The largest absolute Gasteiger partial charge is 0.236 e. The summed E-state index contributed by atoms with van der Waals surface area (Å²) in [6, 6.07) is 10.0. The molecular formula is C11H7N3S. The Morgan fingerprint density at radius 3 is 2.73 bits per heavy atom. The van der Waals surface area contributed by atoms with E-state index in [4.69, 9.17) is 0 Å². The van der Waals surface area contributed by atoms with E-state index in [1.165, 1.54) is 4.70 Å². The highest BCUT2D eigenvalue weighted by Gasteiger charge is 2.04. The molecule has 0 aliphatic carbocycles. The van der Waals surface area contributed by atoms with Crippen molar-refractivity contribution in [1.29, 1.82) is 0 Å². The van der Waals surface area contributed by atoms with Crippen molar-refractivity contribution in [2.45, 2.75) is 0 Å². The van der Waals surface area contributed by atoms with Crippen LogP contribution in [0.3, 0.4) is 0 Å². The Morgan fingerprint density at radius 2 is 1.93 bits per heavy atom. The first-order valence-corrected chi connectivity index (χ1v) is 5.38. The second-order valence-corrected chi connectivity index (χ2v) is 4.15. The standard InChI is InChI=1S/C11H7N3S/c1-2-4-10-9(3-1)14-11(15-10)8-5-6-12-13-7-8/h1-7H. The van der Waals surface area contributed by atoms with Crippen molar-refractivity contribution in [3.8, 4) is 10.6 Å². The molecule has 2 heterocycles. The average molecular weight is 213 g/mol. The first-order chi connectivity index (χ1) is 7.43. The number of thiazole rings is 1. The lowest BCUT2D eigenvalue weighted by atomic mass is 10.3. The molecule has 0 aliphatic rings. The van der Waals surface area contributed by atoms with Crippen LogP contribution >= 0.6 is 11.3 Å². The summed E-state index contributed by atoms with van der Waals surface area (Å²) >= 11 is 1.67. The molecule has 0 N–H and O–H groups in total. The van der Waals surface area contributed by atoms with Crippen LogP contribution < -0.4 is 0 Å². The molecule has 0 saturated heterocycles. The molecule has 2 aromatic heterocycles. The molecular weight excluding hydrogens is 206 g/mol. The number of hydrogen-bond acceptors (Lipinski definition) is 4. The SMILES string of the molecule is c1ccc2sc(-c3ccnnc3)nc2c1. The number of nitrogens with zero attached hydrogens (tertiary/aromatic N) is 3. The van der Waals surface area contributed by atoms with Gasteiger partial charge >= 0.3 is 0 Å². The summed E-state index contributed by atoms with van der Waals surface area (Å²) in [6.45, 7) is 0. The fourth-order valence-corrected chi connectivity index (χ4v) is 2.37. The third kappa shape index (κ3) is 1.49. The van der Waals surface area contributed by atoms with Crippen LogP contribution in [0.25, 0.3) is 20.8 Å². The first kappa shape index (κ1) is 8.49. The van der Waals surface area contributed by atoms with Gasteiger partial charge in [-0.1, -0.05) is 12.1 Å². The summed E-state index contributed by atoms with van der Waals surface area (Å²) in [5.74, 6) is 0. The summed E-state index contributed by atoms with van der Waals surface area (Å²) in [6.07, 6.45) is 3.42. The quantitative estimate of drug-likeness (QED) is 0.624. The maximum Gasteiger partial charge on any atom is 0.126 e. The average Bonchev–Trinajstić information content (AvgIpc) is 2.74. The molecule has 0 spiro atoms. The van der Waals surface area contributed by atoms with Crippen LogP contribution in [0.15, 0.2) is 42.7 Å². The summed E-state index contributed by atoms with van der Waals surface area (Å²) in [7, 11) is 0. The van der Waals surface area contributed by atoms with Crippen LogP contribution in [0.2, 0.25) is 0 Å². The lowest BCUT2D eigenvalue weighted by Gasteiger charge is -1.90. The summed E-state index contributed by atoms with van der Waals surface area (Å²) in [4.78, 5) is 4.53. The van der Waals surface area contributed by atoms with Crippen molar-refractivity contribution in [2.24, 2.45) is 0 Å². The maximum atomic E-state index is 4.53. The van der Waals surface area contributed by atoms with E-state index in [0.717, 1.165) is 16.1 Å². The van der Waals surface area contributed by atoms with E-state index in [0.29, 0.717) is 0 Å². The van der Waals surface area contributed by atoms with Crippen LogP contribution in [0, 0.1) is 0 Å². The molecule has 0 aliphatic heterocycles. The Balaban J connectivity index is 2.21. The van der Waals surface area contributed by atoms with Crippen molar-refractivity contribution in [2.75, 3.05) is 0 Å². The van der Waals surface area contributed by atoms with E-state index in [9.17, 15) is 0 Å². The minimum Gasteiger partial charge on any atom is -0.236 e. The topological polar surface area (TPSA) is 38.7 Å². The second kappa shape index (κ2) is 3.40. The number of aromatic nitrogens is 3. The van der Waals surface area contributed by atoms with Crippen molar-refractivity contribution in [3.05, 3.63) is 42.7 Å². The molecule has 3 aromatic rings. The molecule has 0 radical (unpaired) electrons. The van der Waals surface area contributed by atoms with Gasteiger partial charge in [0.05, 0.1) is 22.6 Å². The van der Waals surface area contributed by atoms with E-state index in [1.54, 1.807) is 23.7 Å². The normalized spacial score (nSPS) is 10.7. The van der Waals surface area contributed by atoms with E-state index in [1.807, 2.05) is 24.3 Å². The molecule has 3 rings (SSSR count). The van der Waals surface area contributed by atoms with E-state index >= 15 is 0 Å². The minimum absolute atomic E-state index is 0.992. The Bertz CT molecular complexity index is 556. The van der Waals surface area contributed by atoms with Gasteiger partial charge in [-0.3, -0.25) is 0 Å². The summed E-state index contributed by atoms with van der Waals surface area (Å²) < 4.78 is 1.20. The fraction of sp³-hybridized carbons (Fsp3) is 0. The van der Waals surface area contributed by atoms with Crippen LogP contribution in [0.1, 0.15) is 0 Å². The highest BCUT2D eigenvalue weighted by Crippen LogP contribution is 2.28. The number of benzene rings is 1. The van der Waals surface area contributed by atoms with Crippen molar-refractivity contribution in [1.82, 2.24) is 15.2 Å². The second-order valence-electron chi connectivity index (χ2n) is 3.12. The highest BCUT2D eigenvalue weighted by molar-refractivity contribution is 7.21. The smallest absolute Gasteiger partial charge is 0.126 e. The molecule has 0 amide bonds. The van der Waals surface area contributed by atoms with Gasteiger partial charge in [-0.25, -0.2) is 4.98 Å². The monoisotopic (exact) mass is 213 g/mol. The molecule has 4 heteroatoms. The van der Waals surface area contributed by atoms with Gasteiger partial charge in [0.1, 0.15) is 5.01 Å². The van der Waals surface area contributed by atoms with Gasteiger partial charge in [-0.2, -0.15) is 10.2 Å². The van der Waals surface area contributed by atoms with Crippen molar-refractivity contribution in [3.63, 3.8) is 0 Å². The maximum absolute atomic E-state index is 4.53. The lowest BCUT2D eigenvalue weighted by molar-refractivity contribution is 1.03. The minimum atomic E-state index is 0.992. The lowest BCUT2D eigenvalue weighted by Crippen LogP contribution is -1.80. The molecule has 0 atom stereocenters. The van der Waals surface area contributed by atoms with Gasteiger partial charge in [0.15, 0.2) is 0 Å². The Labute approximate surface area is 90.4 Å². The van der Waals surface area contributed by atoms with Crippen molar-refractivity contribution >= 4 is 21.6 Å². The molecule has 3 nitrogen and oxygen atoms in total. The number of para-hydroxylation sites is 1.